The lowest BCUT2D eigenvalue weighted by Crippen LogP contribution is -2.53. The van der Waals surface area contributed by atoms with Gasteiger partial charge < -0.3 is 4.90 Å². The molecule has 0 radical (unpaired) electrons. The van der Waals surface area contributed by atoms with E-state index in [1.165, 1.54) is 4.31 Å². The number of aryl methyl sites for hydroxylation is 1. The fourth-order valence-corrected chi connectivity index (χ4v) is 4.40. The van der Waals surface area contributed by atoms with Crippen LogP contribution in [0.1, 0.15) is 5.56 Å². The molecule has 0 bridgehead atoms. The first kappa shape index (κ1) is 18.4. The van der Waals surface area contributed by atoms with Gasteiger partial charge in [0.05, 0.1) is 4.90 Å². The molecule has 0 atom stereocenters. The molecule has 2 aromatic rings. The van der Waals surface area contributed by atoms with Crippen LogP contribution in [0.15, 0.2) is 59.5 Å². The average Bonchev–Trinajstić information content (AvgIpc) is 2.68. The number of hydrogen-bond donors (Lipinski definition) is 0. The Morgan fingerprint density at radius 3 is 2.08 bits per heavy atom. The predicted molar refractivity (Wildman–Crippen MR) is 102 cm³/mol. The first-order valence-electron chi connectivity index (χ1n) is 8.54. The molecule has 1 saturated heterocycles. The fraction of sp³-hybridized carbons (Fsp3) is 0.316. The van der Waals surface area contributed by atoms with Crippen molar-refractivity contribution in [2.45, 2.75) is 11.8 Å². The highest BCUT2D eigenvalue weighted by molar-refractivity contribution is 7.89. The molecule has 0 aromatic heterocycles. The summed E-state index contributed by atoms with van der Waals surface area (Å²) in [5.74, 6) is 0. The highest BCUT2D eigenvalue weighted by atomic mass is 32.2. The Kier molecular flexibility index (Phi) is 5.29. The van der Waals surface area contributed by atoms with Crippen molar-refractivity contribution in [1.82, 2.24) is 9.21 Å². The molecule has 138 valence electrons. The minimum absolute atomic E-state index is 0.120. The van der Waals surface area contributed by atoms with E-state index in [0.29, 0.717) is 26.2 Å². The van der Waals surface area contributed by atoms with Crippen molar-refractivity contribution in [3.05, 3.63) is 60.2 Å². The molecule has 7 heteroatoms. The van der Waals surface area contributed by atoms with Crippen LogP contribution in [-0.2, 0) is 10.0 Å². The van der Waals surface area contributed by atoms with Crippen LogP contribution in [0.5, 0.6) is 0 Å². The number of urea groups is 1. The maximum atomic E-state index is 12.7. The molecule has 0 unspecified atom stereocenters. The van der Waals surface area contributed by atoms with Gasteiger partial charge in [0, 0.05) is 38.9 Å². The largest absolute Gasteiger partial charge is 0.324 e. The van der Waals surface area contributed by atoms with Gasteiger partial charge in [0.1, 0.15) is 0 Å². The standard InChI is InChI=1S/C19H23N3O3S/c1-16-8-10-17(11-9-16)20(2)19(23)21-12-14-22(15-13-21)26(24,25)18-6-4-3-5-7-18/h3-11H,12-15H2,1-2H3. The lowest BCUT2D eigenvalue weighted by Gasteiger charge is -2.36. The molecular formula is C19H23N3O3S. The number of piperazine rings is 1. The molecule has 1 fully saturated rings. The third-order valence-corrected chi connectivity index (χ3v) is 6.51. The zero-order valence-corrected chi connectivity index (χ0v) is 15.8. The number of amides is 2. The second kappa shape index (κ2) is 7.47. The van der Waals surface area contributed by atoms with Crippen LogP contribution in [0.4, 0.5) is 10.5 Å². The zero-order chi connectivity index (χ0) is 18.7. The lowest BCUT2D eigenvalue weighted by atomic mass is 10.2. The molecule has 3 rings (SSSR count). The molecule has 0 aliphatic carbocycles. The third-order valence-electron chi connectivity index (χ3n) is 4.60. The summed E-state index contributed by atoms with van der Waals surface area (Å²) in [6.45, 7) is 3.34. The predicted octanol–water partition coefficient (Wildman–Crippen LogP) is 2.56. The molecule has 0 N–H and O–H groups in total. The summed E-state index contributed by atoms with van der Waals surface area (Å²) in [6, 6.07) is 16.0. The summed E-state index contributed by atoms with van der Waals surface area (Å²) < 4.78 is 26.8. The van der Waals surface area contributed by atoms with Crippen LogP contribution in [-0.4, -0.2) is 56.9 Å². The summed E-state index contributed by atoms with van der Waals surface area (Å²) in [5, 5.41) is 0. The SMILES string of the molecule is Cc1ccc(N(C)C(=O)N2CCN(S(=O)(=O)c3ccccc3)CC2)cc1. The normalized spacial score (nSPS) is 15.7. The van der Waals surface area contributed by atoms with E-state index in [-0.39, 0.29) is 10.9 Å². The second-order valence-corrected chi connectivity index (χ2v) is 8.32. The quantitative estimate of drug-likeness (QED) is 0.831. The van der Waals surface area contributed by atoms with E-state index in [4.69, 9.17) is 0 Å². The highest BCUT2D eigenvalue weighted by Crippen LogP contribution is 2.19. The van der Waals surface area contributed by atoms with E-state index >= 15 is 0 Å². The van der Waals surface area contributed by atoms with E-state index in [1.807, 2.05) is 31.2 Å². The lowest BCUT2D eigenvalue weighted by molar-refractivity contribution is 0.179. The van der Waals surface area contributed by atoms with Crippen LogP contribution in [0, 0.1) is 6.92 Å². The maximum absolute atomic E-state index is 12.7. The van der Waals surface area contributed by atoms with Gasteiger partial charge in [-0.3, -0.25) is 4.90 Å². The van der Waals surface area contributed by atoms with Crippen LogP contribution < -0.4 is 4.90 Å². The maximum Gasteiger partial charge on any atom is 0.324 e. The zero-order valence-electron chi connectivity index (χ0n) is 15.0. The van der Waals surface area contributed by atoms with Crippen molar-refractivity contribution < 1.29 is 13.2 Å². The van der Waals surface area contributed by atoms with Gasteiger partial charge in [-0.1, -0.05) is 35.9 Å². The number of nitrogens with zero attached hydrogens (tertiary/aromatic N) is 3. The Hall–Kier alpha value is -2.38. The Labute approximate surface area is 154 Å². The molecular weight excluding hydrogens is 350 g/mol. The van der Waals surface area contributed by atoms with Gasteiger partial charge in [-0.05, 0) is 31.2 Å². The number of sulfonamides is 1. The summed E-state index contributed by atoms with van der Waals surface area (Å²) in [6.07, 6.45) is 0. The number of anilines is 1. The molecule has 1 aliphatic heterocycles. The summed E-state index contributed by atoms with van der Waals surface area (Å²) in [4.78, 5) is 16.3. The number of carbonyl (C=O) groups is 1. The van der Waals surface area contributed by atoms with E-state index in [9.17, 15) is 13.2 Å². The summed E-state index contributed by atoms with van der Waals surface area (Å²) in [5.41, 5.74) is 1.95. The van der Waals surface area contributed by atoms with Crippen LogP contribution in [0.3, 0.4) is 0 Å². The summed E-state index contributed by atoms with van der Waals surface area (Å²) >= 11 is 0. The molecule has 6 nitrogen and oxygen atoms in total. The monoisotopic (exact) mass is 373 g/mol. The van der Waals surface area contributed by atoms with Crippen molar-refractivity contribution in [3.63, 3.8) is 0 Å². The Morgan fingerprint density at radius 1 is 0.923 bits per heavy atom. The van der Waals surface area contributed by atoms with Gasteiger partial charge >= 0.3 is 6.03 Å². The van der Waals surface area contributed by atoms with Gasteiger partial charge in [0.2, 0.25) is 10.0 Å². The Morgan fingerprint density at radius 2 is 1.50 bits per heavy atom. The number of benzene rings is 2. The Balaban J connectivity index is 1.65. The van der Waals surface area contributed by atoms with Gasteiger partial charge in [-0.15, -0.1) is 0 Å². The molecule has 1 aliphatic rings. The van der Waals surface area contributed by atoms with E-state index < -0.39 is 10.0 Å². The van der Waals surface area contributed by atoms with Crippen molar-refractivity contribution in [1.29, 1.82) is 0 Å². The van der Waals surface area contributed by atoms with Gasteiger partial charge in [-0.25, -0.2) is 13.2 Å². The topological polar surface area (TPSA) is 60.9 Å². The van der Waals surface area contributed by atoms with Gasteiger partial charge in [0.25, 0.3) is 0 Å². The minimum Gasteiger partial charge on any atom is -0.322 e. The van der Waals surface area contributed by atoms with Crippen molar-refractivity contribution in [2.75, 3.05) is 38.1 Å². The van der Waals surface area contributed by atoms with Crippen molar-refractivity contribution in [2.24, 2.45) is 0 Å². The van der Waals surface area contributed by atoms with E-state index in [0.717, 1.165) is 11.3 Å². The van der Waals surface area contributed by atoms with Crippen LogP contribution in [0.2, 0.25) is 0 Å². The van der Waals surface area contributed by atoms with E-state index in [2.05, 4.69) is 0 Å². The minimum atomic E-state index is -3.51. The number of carbonyl (C=O) groups excluding carboxylic acids is 1. The highest BCUT2D eigenvalue weighted by Gasteiger charge is 2.31. The van der Waals surface area contributed by atoms with Crippen LogP contribution in [0.25, 0.3) is 0 Å². The van der Waals surface area contributed by atoms with E-state index in [1.54, 1.807) is 47.2 Å². The molecule has 2 amide bonds. The first-order chi connectivity index (χ1) is 12.4. The van der Waals surface area contributed by atoms with Crippen molar-refractivity contribution in [3.8, 4) is 0 Å². The Bertz CT molecular complexity index is 859. The first-order valence-corrected chi connectivity index (χ1v) is 9.98. The molecule has 0 spiro atoms. The average molecular weight is 373 g/mol. The molecule has 26 heavy (non-hydrogen) atoms. The summed E-state index contributed by atoms with van der Waals surface area (Å²) in [7, 11) is -1.77. The molecule has 2 aromatic carbocycles. The fourth-order valence-electron chi connectivity index (χ4n) is 2.95. The second-order valence-electron chi connectivity index (χ2n) is 6.38. The van der Waals surface area contributed by atoms with Gasteiger partial charge in [0.15, 0.2) is 0 Å². The van der Waals surface area contributed by atoms with Gasteiger partial charge in [-0.2, -0.15) is 4.31 Å². The molecule has 0 saturated carbocycles. The number of rotatable bonds is 3. The van der Waals surface area contributed by atoms with Crippen LogP contribution >= 0.6 is 0 Å². The smallest absolute Gasteiger partial charge is 0.322 e. The third kappa shape index (κ3) is 3.73. The number of hydrogen-bond acceptors (Lipinski definition) is 3. The van der Waals surface area contributed by atoms with Crippen molar-refractivity contribution >= 4 is 21.7 Å². The molecule has 1 heterocycles.